The molecule has 2 heterocycles. The van der Waals surface area contributed by atoms with Crippen molar-refractivity contribution in [1.29, 1.82) is 0 Å². The van der Waals surface area contributed by atoms with E-state index in [1.165, 1.54) is 30.4 Å². The smallest absolute Gasteiger partial charge is 0.251 e. The summed E-state index contributed by atoms with van der Waals surface area (Å²) >= 11 is 0. The maximum atomic E-state index is 12.5. The third-order valence-electron chi connectivity index (χ3n) is 5.96. The van der Waals surface area contributed by atoms with Gasteiger partial charge in [-0.15, -0.1) is 0 Å². The lowest BCUT2D eigenvalue weighted by molar-refractivity contribution is 0.0941. The highest BCUT2D eigenvalue weighted by atomic mass is 32.2. The van der Waals surface area contributed by atoms with Gasteiger partial charge in [0.1, 0.15) is 0 Å². The van der Waals surface area contributed by atoms with E-state index in [0.717, 1.165) is 32.0 Å². The van der Waals surface area contributed by atoms with E-state index in [0.29, 0.717) is 12.0 Å². The van der Waals surface area contributed by atoms with Crippen LogP contribution in [0.15, 0.2) is 18.2 Å². The van der Waals surface area contributed by atoms with Gasteiger partial charge < -0.3 is 5.32 Å². The zero-order valence-corrected chi connectivity index (χ0v) is 15.4. The van der Waals surface area contributed by atoms with Crippen LogP contribution in [0.3, 0.4) is 0 Å². The monoisotopic (exact) mass is 362 g/mol. The lowest BCUT2D eigenvalue weighted by Crippen LogP contribution is -2.41. The first-order valence-corrected chi connectivity index (χ1v) is 11.2. The van der Waals surface area contributed by atoms with Gasteiger partial charge in [0.15, 0.2) is 9.84 Å². The molecule has 0 aromatic heterocycles. The van der Waals surface area contributed by atoms with Gasteiger partial charge >= 0.3 is 0 Å². The number of fused-ring (bicyclic) bond motifs is 1. The van der Waals surface area contributed by atoms with Crippen LogP contribution in [0.2, 0.25) is 0 Å². The molecule has 5 nitrogen and oxygen atoms in total. The molecule has 1 aromatic carbocycles. The Bertz CT molecular complexity index is 771. The highest BCUT2D eigenvalue weighted by Crippen LogP contribution is 2.27. The van der Waals surface area contributed by atoms with E-state index in [4.69, 9.17) is 0 Å². The molecule has 0 bridgehead atoms. The first kappa shape index (κ1) is 17.0. The van der Waals surface area contributed by atoms with Gasteiger partial charge in [-0.25, -0.2) is 8.42 Å². The summed E-state index contributed by atoms with van der Waals surface area (Å²) < 4.78 is 23.1. The van der Waals surface area contributed by atoms with Crippen molar-refractivity contribution in [2.45, 2.75) is 50.6 Å². The van der Waals surface area contributed by atoms with Gasteiger partial charge in [-0.3, -0.25) is 9.69 Å². The van der Waals surface area contributed by atoms with Crippen molar-refractivity contribution in [3.63, 3.8) is 0 Å². The number of carbonyl (C=O) groups is 1. The fraction of sp³-hybridized carbons (Fsp3) is 0.632. The lowest BCUT2D eigenvalue weighted by atomic mass is 9.91. The van der Waals surface area contributed by atoms with Crippen molar-refractivity contribution in [3.8, 4) is 0 Å². The van der Waals surface area contributed by atoms with Crippen LogP contribution in [0, 0.1) is 0 Å². The summed E-state index contributed by atoms with van der Waals surface area (Å²) in [5.41, 5.74) is 3.27. The second kappa shape index (κ2) is 6.72. The van der Waals surface area contributed by atoms with Crippen molar-refractivity contribution >= 4 is 15.7 Å². The summed E-state index contributed by atoms with van der Waals surface area (Å²) in [6.07, 6.45) is 6.58. The molecule has 1 aromatic rings. The maximum absolute atomic E-state index is 12.5. The maximum Gasteiger partial charge on any atom is 0.251 e. The summed E-state index contributed by atoms with van der Waals surface area (Å²) in [7, 11) is -2.97. The molecule has 0 spiro atoms. The normalized spacial score (nSPS) is 26.5. The molecule has 136 valence electrons. The van der Waals surface area contributed by atoms with Crippen LogP contribution in [0.4, 0.5) is 0 Å². The number of nitrogens with one attached hydrogen (secondary N) is 1. The molecule has 25 heavy (non-hydrogen) atoms. The van der Waals surface area contributed by atoms with E-state index in [1.807, 2.05) is 12.1 Å². The Balaban J connectivity index is 1.42. The molecule has 0 radical (unpaired) electrons. The van der Waals surface area contributed by atoms with Gasteiger partial charge in [-0.2, -0.15) is 0 Å². The topological polar surface area (TPSA) is 66.5 Å². The first-order valence-electron chi connectivity index (χ1n) is 9.37. The Morgan fingerprint density at radius 3 is 2.48 bits per heavy atom. The Morgan fingerprint density at radius 2 is 1.84 bits per heavy atom. The van der Waals surface area contributed by atoms with E-state index in [9.17, 15) is 13.2 Å². The van der Waals surface area contributed by atoms with E-state index < -0.39 is 9.84 Å². The highest BCUT2D eigenvalue weighted by Gasteiger charge is 2.30. The number of hydrogen-bond donors (Lipinski definition) is 1. The zero-order chi connectivity index (χ0) is 17.4. The molecule has 1 N–H and O–H groups in total. The van der Waals surface area contributed by atoms with Gasteiger partial charge in [0.05, 0.1) is 11.5 Å². The average molecular weight is 362 g/mol. The Hall–Kier alpha value is -1.40. The number of rotatable bonds is 3. The van der Waals surface area contributed by atoms with Crippen LogP contribution in [-0.4, -0.2) is 55.9 Å². The van der Waals surface area contributed by atoms with E-state index in [1.54, 1.807) is 0 Å². The molecule has 1 saturated carbocycles. The number of carbonyl (C=O) groups excluding carboxylic acids is 1. The predicted octanol–water partition coefficient (Wildman–Crippen LogP) is 1.56. The lowest BCUT2D eigenvalue weighted by Gasteiger charge is -2.36. The largest absolute Gasteiger partial charge is 0.348 e. The molecule has 1 amide bonds. The van der Waals surface area contributed by atoms with Gasteiger partial charge in [0.25, 0.3) is 5.91 Å². The standard InChI is InChI=1S/C19H26N2O3S/c22-19(20-17-8-11-25(23,24)13-17)16-5-4-14-6-9-21(18-2-1-3-18)10-7-15(14)12-16/h4-5,12,17-18H,1-3,6-11,13H2,(H,20,22). The van der Waals surface area contributed by atoms with E-state index >= 15 is 0 Å². The fourth-order valence-electron chi connectivity index (χ4n) is 4.18. The predicted molar refractivity (Wildman–Crippen MR) is 97.6 cm³/mol. The molecule has 1 aliphatic carbocycles. The molecule has 6 heteroatoms. The number of amides is 1. The zero-order valence-electron chi connectivity index (χ0n) is 14.5. The first-order chi connectivity index (χ1) is 12.0. The van der Waals surface area contributed by atoms with Crippen LogP contribution in [-0.2, 0) is 22.7 Å². The second-order valence-electron chi connectivity index (χ2n) is 7.68. The van der Waals surface area contributed by atoms with Crippen LogP contribution in [0.1, 0.15) is 47.2 Å². The summed E-state index contributed by atoms with van der Waals surface area (Å²) in [6.45, 7) is 2.19. The van der Waals surface area contributed by atoms with Crippen molar-refractivity contribution in [2.75, 3.05) is 24.6 Å². The molecule has 2 aliphatic heterocycles. The molecule has 2 fully saturated rings. The van der Waals surface area contributed by atoms with Gasteiger partial charge in [0, 0.05) is 30.7 Å². The molecular weight excluding hydrogens is 336 g/mol. The number of sulfone groups is 1. The Morgan fingerprint density at radius 1 is 1.08 bits per heavy atom. The van der Waals surface area contributed by atoms with Crippen LogP contribution >= 0.6 is 0 Å². The molecular formula is C19H26N2O3S. The molecule has 1 saturated heterocycles. The van der Waals surface area contributed by atoms with Gasteiger partial charge in [-0.1, -0.05) is 12.5 Å². The van der Waals surface area contributed by atoms with E-state index in [2.05, 4.69) is 16.3 Å². The van der Waals surface area contributed by atoms with Crippen molar-refractivity contribution in [1.82, 2.24) is 10.2 Å². The minimum Gasteiger partial charge on any atom is -0.348 e. The van der Waals surface area contributed by atoms with Crippen molar-refractivity contribution in [3.05, 3.63) is 34.9 Å². The molecule has 4 rings (SSSR count). The van der Waals surface area contributed by atoms with Crippen molar-refractivity contribution < 1.29 is 13.2 Å². The van der Waals surface area contributed by atoms with Crippen LogP contribution in [0.5, 0.6) is 0 Å². The second-order valence-corrected chi connectivity index (χ2v) is 9.91. The highest BCUT2D eigenvalue weighted by molar-refractivity contribution is 7.91. The minimum atomic E-state index is -2.97. The number of benzene rings is 1. The Kier molecular flexibility index (Phi) is 4.58. The number of nitrogens with zero attached hydrogens (tertiary/aromatic N) is 1. The van der Waals surface area contributed by atoms with Crippen molar-refractivity contribution in [2.24, 2.45) is 0 Å². The van der Waals surface area contributed by atoms with Gasteiger partial charge in [0.2, 0.25) is 0 Å². The molecule has 1 unspecified atom stereocenters. The average Bonchev–Trinajstić information content (AvgIpc) is 2.75. The SMILES string of the molecule is O=C(NC1CCS(=O)(=O)C1)c1ccc2c(c1)CCN(C1CCC1)CC2. The summed E-state index contributed by atoms with van der Waals surface area (Å²) in [5.74, 6) is 0.101. The third kappa shape index (κ3) is 3.75. The summed E-state index contributed by atoms with van der Waals surface area (Å²) in [4.78, 5) is 15.1. The minimum absolute atomic E-state index is 0.0695. The van der Waals surface area contributed by atoms with Crippen LogP contribution < -0.4 is 5.32 Å². The van der Waals surface area contributed by atoms with Gasteiger partial charge in [-0.05, 0) is 55.4 Å². The summed E-state index contributed by atoms with van der Waals surface area (Å²) in [6, 6.07) is 6.50. The Labute approximate surface area is 149 Å². The fourth-order valence-corrected chi connectivity index (χ4v) is 5.85. The third-order valence-corrected chi connectivity index (χ3v) is 7.73. The van der Waals surface area contributed by atoms with E-state index in [-0.39, 0.29) is 23.5 Å². The van der Waals surface area contributed by atoms with Crippen LogP contribution in [0.25, 0.3) is 0 Å². The quantitative estimate of drug-likeness (QED) is 0.886. The number of hydrogen-bond acceptors (Lipinski definition) is 4. The molecule has 1 atom stereocenters. The summed E-state index contributed by atoms with van der Waals surface area (Å²) in [5, 5.41) is 2.89. The molecule has 3 aliphatic rings.